The topological polar surface area (TPSA) is 122 Å². The number of aliphatic hydroxyl groups excluding tert-OH is 2. The lowest BCUT2D eigenvalue weighted by molar-refractivity contribution is -0.121. The lowest BCUT2D eigenvalue weighted by atomic mass is 9.91. The van der Waals surface area contributed by atoms with Crippen molar-refractivity contribution < 1.29 is 24.6 Å². The van der Waals surface area contributed by atoms with E-state index in [1.165, 1.54) is 0 Å². The van der Waals surface area contributed by atoms with Gasteiger partial charge < -0.3 is 30.6 Å². The molecule has 230 valence electrons. The summed E-state index contributed by atoms with van der Waals surface area (Å²) in [6.07, 6.45) is 3.72. The maximum absolute atomic E-state index is 14.4. The van der Waals surface area contributed by atoms with E-state index in [-0.39, 0.29) is 17.8 Å². The highest BCUT2D eigenvalue weighted by Gasteiger charge is 2.45. The van der Waals surface area contributed by atoms with E-state index in [9.17, 15) is 24.6 Å². The Morgan fingerprint density at radius 3 is 1.38 bits per heavy atom. The molecule has 1 aliphatic heterocycles. The number of rotatable bonds is 16. The zero-order valence-corrected chi connectivity index (χ0v) is 25.1. The third-order valence-corrected chi connectivity index (χ3v) is 8.17. The molecule has 1 aliphatic rings. The summed E-state index contributed by atoms with van der Waals surface area (Å²) >= 11 is 0. The van der Waals surface area contributed by atoms with Gasteiger partial charge in [-0.15, -0.1) is 0 Å². The summed E-state index contributed by atoms with van der Waals surface area (Å²) in [5.74, 6) is -0.0135. The van der Waals surface area contributed by atoms with Gasteiger partial charge in [0.25, 0.3) is 0 Å². The van der Waals surface area contributed by atoms with Gasteiger partial charge in [0.15, 0.2) is 0 Å². The van der Waals surface area contributed by atoms with Gasteiger partial charge in [0.2, 0.25) is 11.8 Å². The second-order valence-corrected chi connectivity index (χ2v) is 11.1. The molecule has 1 saturated heterocycles. The third kappa shape index (κ3) is 9.84. The van der Waals surface area contributed by atoms with Gasteiger partial charge in [0.1, 0.15) is 12.2 Å². The van der Waals surface area contributed by atoms with Crippen molar-refractivity contribution in [1.82, 2.24) is 20.4 Å². The summed E-state index contributed by atoms with van der Waals surface area (Å²) < 4.78 is 0. The van der Waals surface area contributed by atoms with Crippen molar-refractivity contribution in [1.29, 1.82) is 0 Å². The number of hydrogen-bond donors (Lipinski definition) is 4. The standard InChI is InChI=1S/C33H48N4O5/c1-34-29(38)19-11-5-13-21-36-27(23-25-15-7-3-8-16-25)31(40)32(41)28(24-26-17-9-4-10-18-26)37(33(36)42)22-14-6-12-20-30(39)35-2/h3-4,7-10,15-18,27-28,31-32,40-41H,5-6,11-14,19-24H2,1-2H3,(H,34,38)(H,35,39)/t27-,28-,31+,32+/m1/s1. The summed E-state index contributed by atoms with van der Waals surface area (Å²) in [5.41, 5.74) is 1.96. The van der Waals surface area contributed by atoms with Crippen LogP contribution in [0.2, 0.25) is 0 Å². The number of carbonyl (C=O) groups is 3. The van der Waals surface area contributed by atoms with E-state index < -0.39 is 24.3 Å². The zero-order chi connectivity index (χ0) is 30.3. The number of hydrogen-bond acceptors (Lipinski definition) is 5. The van der Waals surface area contributed by atoms with Crippen LogP contribution >= 0.6 is 0 Å². The van der Waals surface area contributed by atoms with Gasteiger partial charge in [-0.1, -0.05) is 73.5 Å². The highest BCUT2D eigenvalue weighted by molar-refractivity contribution is 5.76. The van der Waals surface area contributed by atoms with Crippen molar-refractivity contribution in [3.8, 4) is 0 Å². The van der Waals surface area contributed by atoms with Crippen LogP contribution in [0.25, 0.3) is 0 Å². The molecule has 1 heterocycles. The van der Waals surface area contributed by atoms with Crippen molar-refractivity contribution in [2.24, 2.45) is 0 Å². The molecule has 9 heteroatoms. The lowest BCUT2D eigenvalue weighted by Gasteiger charge is -2.36. The Morgan fingerprint density at radius 1 is 0.643 bits per heavy atom. The van der Waals surface area contributed by atoms with Gasteiger partial charge in [0, 0.05) is 40.0 Å². The lowest BCUT2D eigenvalue weighted by Crippen LogP contribution is -2.51. The van der Waals surface area contributed by atoms with Crippen LogP contribution in [0, 0.1) is 0 Å². The van der Waals surface area contributed by atoms with Gasteiger partial charge in [-0.25, -0.2) is 4.79 Å². The average molecular weight is 581 g/mol. The third-order valence-electron chi connectivity index (χ3n) is 8.17. The van der Waals surface area contributed by atoms with Gasteiger partial charge in [-0.05, 0) is 49.7 Å². The molecule has 0 unspecified atom stereocenters. The molecule has 4 amide bonds. The molecular formula is C33H48N4O5. The number of nitrogens with one attached hydrogen (secondary N) is 2. The minimum absolute atomic E-state index is 0.00676. The normalized spacial score (nSPS) is 20.7. The van der Waals surface area contributed by atoms with Crippen molar-refractivity contribution in [2.75, 3.05) is 27.2 Å². The molecule has 0 saturated carbocycles. The van der Waals surface area contributed by atoms with Crippen LogP contribution in [-0.4, -0.2) is 89.3 Å². The van der Waals surface area contributed by atoms with Crippen LogP contribution in [0.3, 0.4) is 0 Å². The highest BCUT2D eigenvalue weighted by atomic mass is 16.3. The number of benzene rings is 2. The fraction of sp³-hybridized carbons (Fsp3) is 0.545. The van der Waals surface area contributed by atoms with Crippen LogP contribution < -0.4 is 10.6 Å². The molecule has 3 rings (SSSR count). The smallest absolute Gasteiger partial charge is 0.320 e. The predicted octanol–water partition coefficient (Wildman–Crippen LogP) is 3.28. The maximum Gasteiger partial charge on any atom is 0.320 e. The van der Waals surface area contributed by atoms with Crippen molar-refractivity contribution in [3.63, 3.8) is 0 Å². The Hall–Kier alpha value is -3.43. The minimum atomic E-state index is -1.15. The molecule has 0 spiro atoms. The summed E-state index contributed by atoms with van der Waals surface area (Å²) in [4.78, 5) is 41.2. The number of urea groups is 1. The van der Waals surface area contributed by atoms with Gasteiger partial charge in [0.05, 0.1) is 12.1 Å². The Kier molecular flexibility index (Phi) is 13.8. The fourth-order valence-electron chi connectivity index (χ4n) is 5.71. The second kappa shape index (κ2) is 17.5. The van der Waals surface area contributed by atoms with E-state index in [0.29, 0.717) is 64.5 Å². The first kappa shape index (κ1) is 33.1. The zero-order valence-electron chi connectivity index (χ0n) is 25.1. The van der Waals surface area contributed by atoms with E-state index in [1.807, 2.05) is 60.7 Å². The Bertz CT molecular complexity index is 1010. The number of carbonyl (C=O) groups excluding carboxylic acids is 3. The first-order valence-electron chi connectivity index (χ1n) is 15.3. The number of unbranched alkanes of at least 4 members (excludes halogenated alkanes) is 4. The first-order valence-corrected chi connectivity index (χ1v) is 15.3. The molecule has 2 aromatic carbocycles. The van der Waals surface area contributed by atoms with E-state index in [2.05, 4.69) is 10.6 Å². The predicted molar refractivity (Wildman–Crippen MR) is 164 cm³/mol. The molecule has 2 aromatic rings. The molecule has 0 aliphatic carbocycles. The molecule has 42 heavy (non-hydrogen) atoms. The molecule has 0 bridgehead atoms. The highest BCUT2D eigenvalue weighted by Crippen LogP contribution is 2.28. The summed E-state index contributed by atoms with van der Waals surface area (Å²) in [5, 5.41) is 28.6. The van der Waals surface area contributed by atoms with E-state index in [1.54, 1.807) is 23.9 Å². The quantitative estimate of drug-likeness (QED) is 0.227. The largest absolute Gasteiger partial charge is 0.388 e. The summed E-state index contributed by atoms with van der Waals surface area (Å²) in [6.45, 7) is 0.832. The average Bonchev–Trinajstić information content (AvgIpc) is 3.07. The molecule has 0 radical (unpaired) electrons. The van der Waals surface area contributed by atoms with E-state index >= 15 is 0 Å². The van der Waals surface area contributed by atoms with Crippen LogP contribution in [0.1, 0.15) is 62.5 Å². The number of aliphatic hydroxyl groups is 2. The Labute approximate surface area is 250 Å². The maximum atomic E-state index is 14.4. The number of amides is 4. The molecule has 1 fully saturated rings. The van der Waals surface area contributed by atoms with Crippen LogP contribution in [0.5, 0.6) is 0 Å². The Morgan fingerprint density at radius 2 is 1.02 bits per heavy atom. The molecular weight excluding hydrogens is 532 g/mol. The molecule has 4 N–H and O–H groups in total. The fourth-order valence-corrected chi connectivity index (χ4v) is 5.71. The van der Waals surface area contributed by atoms with Gasteiger partial charge in [-0.3, -0.25) is 9.59 Å². The second-order valence-electron chi connectivity index (χ2n) is 11.1. The number of nitrogens with zero attached hydrogens (tertiary/aromatic N) is 2. The summed E-state index contributed by atoms with van der Waals surface area (Å²) in [7, 11) is 3.25. The SMILES string of the molecule is CNC(=O)CCCCCN1C(=O)N(CCCCCC(=O)NC)[C@H](Cc2ccccc2)[C@H](O)[C@@H](O)[C@H]1Cc1ccccc1. The van der Waals surface area contributed by atoms with Gasteiger partial charge in [-0.2, -0.15) is 0 Å². The van der Waals surface area contributed by atoms with Gasteiger partial charge >= 0.3 is 6.03 Å². The monoisotopic (exact) mass is 580 g/mol. The molecule has 9 nitrogen and oxygen atoms in total. The van der Waals surface area contributed by atoms with Crippen molar-refractivity contribution >= 4 is 17.8 Å². The van der Waals surface area contributed by atoms with Crippen molar-refractivity contribution in [2.45, 2.75) is 88.5 Å². The molecule has 0 aromatic heterocycles. The Balaban J connectivity index is 1.86. The van der Waals surface area contributed by atoms with E-state index in [0.717, 1.165) is 24.0 Å². The van der Waals surface area contributed by atoms with Crippen LogP contribution in [-0.2, 0) is 22.4 Å². The van der Waals surface area contributed by atoms with Crippen molar-refractivity contribution in [3.05, 3.63) is 71.8 Å². The van der Waals surface area contributed by atoms with Crippen LogP contribution in [0.4, 0.5) is 4.79 Å². The van der Waals surface area contributed by atoms with E-state index in [4.69, 9.17) is 0 Å². The summed E-state index contributed by atoms with van der Waals surface area (Å²) in [6, 6.07) is 18.1. The first-order chi connectivity index (χ1) is 20.3. The van der Waals surface area contributed by atoms with Crippen LogP contribution in [0.15, 0.2) is 60.7 Å². The minimum Gasteiger partial charge on any atom is -0.388 e. The molecule has 4 atom stereocenters.